The minimum Gasteiger partial charge on any atom is -0.359 e. The van der Waals surface area contributed by atoms with E-state index in [1.807, 2.05) is 57.2 Å². The molecule has 0 saturated heterocycles. The van der Waals surface area contributed by atoms with E-state index in [-0.39, 0.29) is 18.0 Å². The largest absolute Gasteiger partial charge is 0.359 e. The molecule has 1 aliphatic heterocycles. The number of aryl methyl sites for hydroxylation is 2. The average molecular weight is 395 g/mol. The van der Waals surface area contributed by atoms with Crippen LogP contribution in [0.25, 0.3) is 11.6 Å². The number of para-hydroxylation sites is 1. The molecule has 154 valence electrons. The van der Waals surface area contributed by atoms with Gasteiger partial charge in [0, 0.05) is 23.0 Å². The quantitative estimate of drug-likeness (QED) is 0.729. The highest BCUT2D eigenvalue weighted by Crippen LogP contribution is 2.38. The van der Waals surface area contributed by atoms with Crippen molar-refractivity contribution in [1.29, 1.82) is 0 Å². The highest BCUT2D eigenvalue weighted by molar-refractivity contribution is 6.42. The number of imide groups is 1. The molecule has 0 spiro atoms. The number of urea groups is 1. The summed E-state index contributed by atoms with van der Waals surface area (Å²) in [5.41, 5.74) is 4.92. The van der Waals surface area contributed by atoms with Crippen molar-refractivity contribution in [2.75, 3.05) is 25.0 Å². The number of hydrogen-bond acceptors (Lipinski definition) is 3. The van der Waals surface area contributed by atoms with Gasteiger partial charge in [0.25, 0.3) is 5.91 Å². The first-order chi connectivity index (χ1) is 13.8. The summed E-state index contributed by atoms with van der Waals surface area (Å²) < 4.78 is 0. The third-order valence-corrected chi connectivity index (χ3v) is 5.40. The van der Waals surface area contributed by atoms with E-state index in [0.29, 0.717) is 11.3 Å². The SMILES string of the molecule is CCN(C)CCC(C)NC(=O)N1C(=O)/C(=C\c2[nH]c(C)cc2C)c2ccccc21. The maximum Gasteiger partial charge on any atom is 0.329 e. The van der Waals surface area contributed by atoms with Crippen LogP contribution in [0.1, 0.15) is 42.8 Å². The molecule has 6 nitrogen and oxygen atoms in total. The van der Waals surface area contributed by atoms with E-state index in [0.717, 1.165) is 42.0 Å². The third kappa shape index (κ3) is 4.43. The highest BCUT2D eigenvalue weighted by Gasteiger charge is 2.37. The highest BCUT2D eigenvalue weighted by atomic mass is 16.2. The Bertz CT molecular complexity index is 944. The molecule has 1 aromatic heterocycles. The Morgan fingerprint density at radius 2 is 2.03 bits per heavy atom. The Labute approximate surface area is 172 Å². The van der Waals surface area contributed by atoms with Crippen molar-refractivity contribution in [2.45, 2.75) is 40.2 Å². The number of aromatic nitrogens is 1. The molecule has 0 aliphatic carbocycles. The van der Waals surface area contributed by atoms with Crippen LogP contribution in [0.2, 0.25) is 0 Å². The fourth-order valence-corrected chi connectivity index (χ4v) is 3.55. The molecule has 0 fully saturated rings. The lowest BCUT2D eigenvalue weighted by Crippen LogP contribution is -2.46. The molecule has 2 aromatic rings. The summed E-state index contributed by atoms with van der Waals surface area (Å²) in [6, 6.07) is 9.07. The second-order valence-corrected chi connectivity index (χ2v) is 7.80. The second-order valence-electron chi connectivity index (χ2n) is 7.80. The molecule has 6 heteroatoms. The lowest BCUT2D eigenvalue weighted by molar-refractivity contribution is -0.112. The normalized spacial score (nSPS) is 15.9. The maximum atomic E-state index is 13.2. The minimum atomic E-state index is -0.378. The van der Waals surface area contributed by atoms with Crippen molar-refractivity contribution in [3.05, 3.63) is 52.8 Å². The first kappa shape index (κ1) is 20.9. The zero-order valence-corrected chi connectivity index (χ0v) is 17.9. The van der Waals surface area contributed by atoms with E-state index in [2.05, 4.69) is 29.2 Å². The molecule has 0 saturated carbocycles. The van der Waals surface area contributed by atoms with Crippen LogP contribution in [0.4, 0.5) is 10.5 Å². The minimum absolute atomic E-state index is 0.0298. The van der Waals surface area contributed by atoms with Crippen molar-refractivity contribution < 1.29 is 9.59 Å². The van der Waals surface area contributed by atoms with Crippen LogP contribution >= 0.6 is 0 Å². The van der Waals surface area contributed by atoms with E-state index in [9.17, 15) is 9.59 Å². The topological polar surface area (TPSA) is 68.4 Å². The average Bonchev–Trinajstić information content (AvgIpc) is 3.15. The fraction of sp³-hybridized carbons (Fsp3) is 0.391. The van der Waals surface area contributed by atoms with Gasteiger partial charge in [0.05, 0.1) is 11.3 Å². The van der Waals surface area contributed by atoms with Gasteiger partial charge in [-0.15, -0.1) is 0 Å². The van der Waals surface area contributed by atoms with Gasteiger partial charge in [-0.2, -0.15) is 0 Å². The zero-order valence-electron chi connectivity index (χ0n) is 17.9. The molecule has 0 bridgehead atoms. The number of carbonyl (C=O) groups excluding carboxylic acids is 2. The first-order valence-corrected chi connectivity index (χ1v) is 10.1. The molecule has 2 heterocycles. The smallest absolute Gasteiger partial charge is 0.329 e. The molecule has 3 amide bonds. The van der Waals surface area contributed by atoms with Gasteiger partial charge in [-0.3, -0.25) is 4.79 Å². The Morgan fingerprint density at radius 3 is 2.69 bits per heavy atom. The molecular weight excluding hydrogens is 364 g/mol. The number of rotatable bonds is 6. The number of anilines is 1. The van der Waals surface area contributed by atoms with Gasteiger partial charge in [-0.25, -0.2) is 9.69 Å². The summed E-state index contributed by atoms with van der Waals surface area (Å²) in [6.45, 7) is 9.90. The van der Waals surface area contributed by atoms with Crippen molar-refractivity contribution in [2.24, 2.45) is 0 Å². The van der Waals surface area contributed by atoms with Crippen molar-refractivity contribution >= 4 is 29.3 Å². The number of carbonyl (C=O) groups is 2. The van der Waals surface area contributed by atoms with E-state index in [4.69, 9.17) is 0 Å². The number of amides is 3. The predicted molar refractivity (Wildman–Crippen MR) is 118 cm³/mol. The number of fused-ring (bicyclic) bond motifs is 1. The third-order valence-electron chi connectivity index (χ3n) is 5.40. The van der Waals surface area contributed by atoms with Crippen LogP contribution in [0.3, 0.4) is 0 Å². The van der Waals surface area contributed by atoms with Gasteiger partial charge in [0.15, 0.2) is 0 Å². The van der Waals surface area contributed by atoms with Gasteiger partial charge in [-0.1, -0.05) is 25.1 Å². The summed E-state index contributed by atoms with van der Waals surface area (Å²) in [6.07, 6.45) is 2.67. The van der Waals surface area contributed by atoms with E-state index >= 15 is 0 Å². The molecule has 3 rings (SSSR count). The molecular formula is C23H30N4O2. The second kappa shape index (κ2) is 8.66. The van der Waals surface area contributed by atoms with E-state index in [1.54, 1.807) is 0 Å². The first-order valence-electron chi connectivity index (χ1n) is 10.1. The Hall–Kier alpha value is -2.86. The summed E-state index contributed by atoms with van der Waals surface area (Å²) in [7, 11) is 2.05. The van der Waals surface area contributed by atoms with Crippen LogP contribution in [0, 0.1) is 13.8 Å². The number of hydrogen-bond donors (Lipinski definition) is 2. The maximum absolute atomic E-state index is 13.2. The number of aromatic amines is 1. The molecule has 1 unspecified atom stereocenters. The Morgan fingerprint density at radius 1 is 1.31 bits per heavy atom. The number of benzene rings is 1. The molecule has 0 radical (unpaired) electrons. The molecule has 1 aromatic carbocycles. The van der Waals surface area contributed by atoms with Crippen LogP contribution in [0.15, 0.2) is 30.3 Å². The summed E-state index contributed by atoms with van der Waals surface area (Å²) >= 11 is 0. The van der Waals surface area contributed by atoms with Crippen LogP contribution < -0.4 is 10.2 Å². The van der Waals surface area contributed by atoms with E-state index < -0.39 is 0 Å². The molecule has 1 aliphatic rings. The van der Waals surface area contributed by atoms with Gasteiger partial charge < -0.3 is 15.2 Å². The molecule has 2 N–H and O–H groups in total. The van der Waals surface area contributed by atoms with Gasteiger partial charge in [0.1, 0.15) is 0 Å². The summed E-state index contributed by atoms with van der Waals surface area (Å²) in [5, 5.41) is 2.98. The molecule has 1 atom stereocenters. The fourth-order valence-electron chi connectivity index (χ4n) is 3.55. The Kier molecular flexibility index (Phi) is 6.23. The predicted octanol–water partition coefficient (Wildman–Crippen LogP) is 3.96. The summed E-state index contributed by atoms with van der Waals surface area (Å²) in [5.74, 6) is -0.298. The van der Waals surface area contributed by atoms with Crippen LogP contribution in [-0.4, -0.2) is 48.0 Å². The lowest BCUT2D eigenvalue weighted by Gasteiger charge is -2.22. The number of nitrogens with zero attached hydrogens (tertiary/aromatic N) is 2. The van der Waals surface area contributed by atoms with Crippen molar-refractivity contribution in [3.8, 4) is 0 Å². The van der Waals surface area contributed by atoms with Gasteiger partial charge in [-0.05, 0) is 71.1 Å². The Balaban J connectivity index is 1.84. The number of H-pyrrole nitrogens is 1. The van der Waals surface area contributed by atoms with E-state index in [1.165, 1.54) is 4.90 Å². The van der Waals surface area contributed by atoms with Crippen molar-refractivity contribution in [1.82, 2.24) is 15.2 Å². The monoisotopic (exact) mass is 394 g/mol. The van der Waals surface area contributed by atoms with Gasteiger partial charge >= 0.3 is 6.03 Å². The molecule has 29 heavy (non-hydrogen) atoms. The lowest BCUT2D eigenvalue weighted by atomic mass is 10.1. The van der Waals surface area contributed by atoms with Crippen molar-refractivity contribution in [3.63, 3.8) is 0 Å². The standard InChI is InChI=1S/C23H30N4O2/c1-6-26(5)12-11-16(3)25-23(29)27-21-10-8-7-9-18(21)19(22(27)28)14-20-15(2)13-17(4)24-20/h7-10,13-14,16,24H,6,11-12H2,1-5H3,(H,25,29)/b19-14-. The number of nitrogens with one attached hydrogen (secondary N) is 2. The van der Waals surface area contributed by atoms with Crippen LogP contribution in [-0.2, 0) is 4.79 Å². The summed E-state index contributed by atoms with van der Waals surface area (Å²) in [4.78, 5) is 32.9. The zero-order chi connectivity index (χ0) is 21.1. The van der Waals surface area contributed by atoms with Gasteiger partial charge in [0.2, 0.25) is 0 Å². The van der Waals surface area contributed by atoms with Crippen LogP contribution in [0.5, 0.6) is 0 Å².